The van der Waals surface area contributed by atoms with Gasteiger partial charge in [0.25, 0.3) is 6.43 Å². The van der Waals surface area contributed by atoms with Gasteiger partial charge in [-0.2, -0.15) is 0 Å². The van der Waals surface area contributed by atoms with Crippen molar-refractivity contribution in [2.75, 3.05) is 26.9 Å². The lowest BCUT2D eigenvalue weighted by molar-refractivity contribution is 0.0145. The summed E-state index contributed by atoms with van der Waals surface area (Å²) in [4.78, 5) is 0. The van der Waals surface area contributed by atoms with Crippen LogP contribution in [0.15, 0.2) is 18.2 Å². The molecule has 0 saturated heterocycles. The number of halogens is 2. The highest BCUT2D eigenvalue weighted by molar-refractivity contribution is 5.40. The minimum Gasteiger partial charge on any atom is -0.493 e. The highest BCUT2D eigenvalue weighted by Gasteiger charge is 2.16. The minimum absolute atomic E-state index is 0.114. The van der Waals surface area contributed by atoms with Gasteiger partial charge in [0.15, 0.2) is 0 Å². The van der Waals surface area contributed by atoms with Gasteiger partial charge in [0, 0.05) is 19.1 Å². The maximum atomic E-state index is 12.0. The molecule has 1 heterocycles. The summed E-state index contributed by atoms with van der Waals surface area (Å²) in [6.45, 7) is 0.568. The van der Waals surface area contributed by atoms with Crippen molar-refractivity contribution in [3.63, 3.8) is 0 Å². The zero-order valence-electron chi connectivity index (χ0n) is 11.0. The summed E-state index contributed by atoms with van der Waals surface area (Å²) in [6, 6.07) is 6.22. The first-order valence-corrected chi connectivity index (χ1v) is 6.49. The largest absolute Gasteiger partial charge is 0.493 e. The van der Waals surface area contributed by atoms with Gasteiger partial charge in [0.05, 0.1) is 6.61 Å². The Morgan fingerprint density at radius 3 is 3.00 bits per heavy atom. The Morgan fingerprint density at radius 1 is 1.42 bits per heavy atom. The molecule has 0 aliphatic carbocycles. The second kappa shape index (κ2) is 6.82. The smallest absolute Gasteiger partial charge is 0.261 e. The summed E-state index contributed by atoms with van der Waals surface area (Å²) in [5, 5.41) is 3.19. The van der Waals surface area contributed by atoms with Crippen molar-refractivity contribution < 1.29 is 18.3 Å². The summed E-state index contributed by atoms with van der Waals surface area (Å²) in [6.07, 6.45) is -0.796. The standard InChI is InChI=1S/C14H19F2NO2/c1-17-12(5-6-18-9-14(15)16)10-2-3-13-11(8-10)4-7-19-13/h2-3,8,12,14,17H,4-7,9H2,1H3. The van der Waals surface area contributed by atoms with Gasteiger partial charge >= 0.3 is 0 Å². The second-order valence-electron chi connectivity index (χ2n) is 4.56. The molecule has 0 radical (unpaired) electrons. The fourth-order valence-electron chi connectivity index (χ4n) is 2.27. The first-order chi connectivity index (χ1) is 9.20. The molecule has 1 N–H and O–H groups in total. The van der Waals surface area contributed by atoms with Crippen LogP contribution in [0.2, 0.25) is 0 Å². The molecule has 1 aromatic carbocycles. The Kier molecular flexibility index (Phi) is 5.10. The van der Waals surface area contributed by atoms with E-state index < -0.39 is 13.0 Å². The van der Waals surface area contributed by atoms with E-state index in [2.05, 4.69) is 11.4 Å². The first-order valence-electron chi connectivity index (χ1n) is 6.49. The fraction of sp³-hybridized carbons (Fsp3) is 0.571. The van der Waals surface area contributed by atoms with Gasteiger partial charge in [-0.15, -0.1) is 0 Å². The highest BCUT2D eigenvalue weighted by atomic mass is 19.3. The summed E-state index contributed by atoms with van der Waals surface area (Å²) in [5.74, 6) is 0.951. The molecule has 106 valence electrons. The maximum absolute atomic E-state index is 12.0. The predicted molar refractivity (Wildman–Crippen MR) is 68.9 cm³/mol. The van der Waals surface area contributed by atoms with Crippen molar-refractivity contribution in [3.8, 4) is 5.75 Å². The molecule has 2 rings (SSSR count). The first kappa shape index (κ1) is 14.2. The van der Waals surface area contributed by atoms with Crippen LogP contribution in [0.25, 0.3) is 0 Å². The lowest BCUT2D eigenvalue weighted by Gasteiger charge is -2.17. The van der Waals surface area contributed by atoms with E-state index >= 15 is 0 Å². The van der Waals surface area contributed by atoms with Gasteiger partial charge in [-0.1, -0.05) is 12.1 Å². The Bertz CT molecular complexity index is 412. The lowest BCUT2D eigenvalue weighted by atomic mass is 10.0. The Hall–Kier alpha value is -1.20. The summed E-state index contributed by atoms with van der Waals surface area (Å²) >= 11 is 0. The van der Waals surface area contributed by atoms with Crippen LogP contribution in [0, 0.1) is 0 Å². The Labute approximate surface area is 111 Å². The number of benzene rings is 1. The maximum Gasteiger partial charge on any atom is 0.261 e. The summed E-state index contributed by atoms with van der Waals surface area (Å²) < 4.78 is 34.3. The molecule has 3 nitrogen and oxygen atoms in total. The Morgan fingerprint density at radius 2 is 2.26 bits per heavy atom. The number of alkyl halides is 2. The SMILES string of the molecule is CNC(CCOCC(F)F)c1ccc2c(c1)CCO2. The van der Waals surface area contributed by atoms with E-state index in [0.717, 1.165) is 24.3 Å². The topological polar surface area (TPSA) is 30.5 Å². The number of hydrogen-bond donors (Lipinski definition) is 1. The van der Waals surface area contributed by atoms with Crippen LogP contribution in [-0.2, 0) is 11.2 Å². The predicted octanol–water partition coefficient (Wildman–Crippen LogP) is 2.55. The van der Waals surface area contributed by atoms with Crippen LogP contribution in [-0.4, -0.2) is 33.3 Å². The molecule has 0 bridgehead atoms. The molecule has 0 aromatic heterocycles. The summed E-state index contributed by atoms with van der Waals surface area (Å²) in [5.41, 5.74) is 2.36. The van der Waals surface area contributed by atoms with Crippen molar-refractivity contribution in [3.05, 3.63) is 29.3 Å². The molecule has 19 heavy (non-hydrogen) atoms. The van der Waals surface area contributed by atoms with Crippen molar-refractivity contribution in [1.82, 2.24) is 5.32 Å². The summed E-state index contributed by atoms with van der Waals surface area (Å²) in [7, 11) is 1.86. The van der Waals surface area contributed by atoms with Crippen LogP contribution >= 0.6 is 0 Å². The molecular weight excluding hydrogens is 252 g/mol. The zero-order valence-corrected chi connectivity index (χ0v) is 11.0. The number of hydrogen-bond acceptors (Lipinski definition) is 3. The average molecular weight is 271 g/mol. The Balaban J connectivity index is 1.90. The third kappa shape index (κ3) is 3.88. The van der Waals surface area contributed by atoms with Gasteiger partial charge in [-0.05, 0) is 30.7 Å². The monoisotopic (exact) mass is 271 g/mol. The number of nitrogens with one attached hydrogen (secondary N) is 1. The van der Waals surface area contributed by atoms with E-state index in [0.29, 0.717) is 13.0 Å². The molecular formula is C14H19F2NO2. The van der Waals surface area contributed by atoms with E-state index in [1.807, 2.05) is 19.2 Å². The molecule has 1 atom stereocenters. The van der Waals surface area contributed by atoms with Gasteiger partial charge < -0.3 is 14.8 Å². The van der Waals surface area contributed by atoms with Gasteiger partial charge in [0.2, 0.25) is 0 Å². The molecule has 0 amide bonds. The average Bonchev–Trinajstić information content (AvgIpc) is 2.85. The van der Waals surface area contributed by atoms with Crippen LogP contribution in [0.5, 0.6) is 5.75 Å². The molecule has 0 saturated carbocycles. The van der Waals surface area contributed by atoms with E-state index in [-0.39, 0.29) is 6.04 Å². The zero-order chi connectivity index (χ0) is 13.7. The molecule has 0 spiro atoms. The highest BCUT2D eigenvalue weighted by Crippen LogP contribution is 2.29. The minimum atomic E-state index is -2.40. The van der Waals surface area contributed by atoms with E-state index in [1.165, 1.54) is 5.56 Å². The fourth-order valence-corrected chi connectivity index (χ4v) is 2.27. The van der Waals surface area contributed by atoms with Crippen molar-refractivity contribution in [2.24, 2.45) is 0 Å². The van der Waals surface area contributed by atoms with E-state index in [1.54, 1.807) is 0 Å². The van der Waals surface area contributed by atoms with Gasteiger partial charge in [0.1, 0.15) is 12.4 Å². The lowest BCUT2D eigenvalue weighted by Crippen LogP contribution is -2.19. The third-order valence-corrected chi connectivity index (χ3v) is 3.26. The van der Waals surface area contributed by atoms with Crippen molar-refractivity contribution in [1.29, 1.82) is 0 Å². The molecule has 1 unspecified atom stereocenters. The molecule has 0 fully saturated rings. The second-order valence-corrected chi connectivity index (χ2v) is 4.56. The van der Waals surface area contributed by atoms with E-state index in [9.17, 15) is 8.78 Å². The van der Waals surface area contributed by atoms with Gasteiger partial charge in [-0.25, -0.2) is 8.78 Å². The molecule has 1 aliphatic rings. The van der Waals surface area contributed by atoms with Crippen LogP contribution in [0.4, 0.5) is 8.78 Å². The third-order valence-electron chi connectivity index (χ3n) is 3.26. The van der Waals surface area contributed by atoms with E-state index in [4.69, 9.17) is 9.47 Å². The van der Waals surface area contributed by atoms with Crippen molar-refractivity contribution in [2.45, 2.75) is 25.3 Å². The number of fused-ring (bicyclic) bond motifs is 1. The number of rotatable bonds is 7. The van der Waals surface area contributed by atoms with Crippen LogP contribution < -0.4 is 10.1 Å². The van der Waals surface area contributed by atoms with Gasteiger partial charge in [-0.3, -0.25) is 0 Å². The van der Waals surface area contributed by atoms with Crippen LogP contribution in [0.3, 0.4) is 0 Å². The quantitative estimate of drug-likeness (QED) is 0.773. The van der Waals surface area contributed by atoms with Crippen molar-refractivity contribution >= 4 is 0 Å². The number of ether oxygens (including phenoxy) is 2. The molecule has 5 heteroatoms. The normalized spacial score (nSPS) is 15.4. The molecule has 1 aliphatic heterocycles. The molecule has 1 aromatic rings. The van der Waals surface area contributed by atoms with Crippen LogP contribution in [0.1, 0.15) is 23.6 Å².